The fourth-order valence-corrected chi connectivity index (χ4v) is 3.57. The highest BCUT2D eigenvalue weighted by Crippen LogP contribution is 2.52. The van der Waals surface area contributed by atoms with Gasteiger partial charge >= 0.3 is 0 Å². The van der Waals surface area contributed by atoms with E-state index < -0.39 is 0 Å². The van der Waals surface area contributed by atoms with Gasteiger partial charge < -0.3 is 0 Å². The lowest BCUT2D eigenvalue weighted by Gasteiger charge is -2.45. The third kappa shape index (κ3) is 1.63. The second kappa shape index (κ2) is 3.69. The van der Waals surface area contributed by atoms with Crippen molar-refractivity contribution in [2.45, 2.75) is 38.5 Å². The van der Waals surface area contributed by atoms with Gasteiger partial charge in [-0.15, -0.1) is 6.58 Å². The third-order valence-electron chi connectivity index (χ3n) is 3.99. The van der Waals surface area contributed by atoms with E-state index in [1.165, 1.54) is 19.3 Å². The maximum Gasteiger partial charge on any atom is 0.227 e. The van der Waals surface area contributed by atoms with Crippen LogP contribution in [0.25, 0.3) is 0 Å². The van der Waals surface area contributed by atoms with Gasteiger partial charge in [-0.3, -0.25) is 4.79 Å². The van der Waals surface area contributed by atoms with Crippen LogP contribution < -0.4 is 0 Å². The van der Waals surface area contributed by atoms with Crippen molar-refractivity contribution >= 4 is 16.8 Å². The van der Waals surface area contributed by atoms with E-state index in [0.717, 1.165) is 19.3 Å². The van der Waals surface area contributed by atoms with E-state index in [4.69, 9.17) is 11.6 Å². The SMILES string of the molecule is C=CC1CC2CCCC(C(=O)Cl)(C1)C2. The van der Waals surface area contributed by atoms with Crippen LogP contribution in [-0.4, -0.2) is 5.24 Å². The molecule has 0 aromatic carbocycles. The van der Waals surface area contributed by atoms with Crippen molar-refractivity contribution in [1.29, 1.82) is 0 Å². The number of allylic oxidation sites excluding steroid dienone is 1. The molecule has 14 heavy (non-hydrogen) atoms. The van der Waals surface area contributed by atoms with Gasteiger partial charge in [-0.2, -0.15) is 0 Å². The van der Waals surface area contributed by atoms with Crippen LogP contribution in [0.2, 0.25) is 0 Å². The lowest BCUT2D eigenvalue weighted by molar-refractivity contribution is -0.126. The highest BCUT2D eigenvalue weighted by Gasteiger charge is 2.46. The predicted octanol–water partition coefficient (Wildman–Crippen LogP) is 3.52. The summed E-state index contributed by atoms with van der Waals surface area (Å²) in [4.78, 5) is 11.5. The molecule has 0 amide bonds. The number of carbonyl (C=O) groups excluding carboxylic acids is 1. The Hall–Kier alpha value is -0.300. The molecule has 3 atom stereocenters. The Kier molecular flexibility index (Phi) is 2.70. The normalized spacial score (nSPS) is 41.8. The first-order chi connectivity index (χ1) is 6.66. The van der Waals surface area contributed by atoms with E-state index in [-0.39, 0.29) is 10.7 Å². The van der Waals surface area contributed by atoms with Gasteiger partial charge in [0.1, 0.15) is 0 Å². The minimum absolute atomic E-state index is 0.103. The Bertz CT molecular complexity index is 261. The van der Waals surface area contributed by atoms with E-state index in [1.807, 2.05) is 6.08 Å². The molecule has 2 fully saturated rings. The molecular weight excluding hydrogens is 196 g/mol. The zero-order valence-corrected chi connectivity index (χ0v) is 9.22. The summed E-state index contributed by atoms with van der Waals surface area (Å²) in [6, 6.07) is 0. The quantitative estimate of drug-likeness (QED) is 0.506. The van der Waals surface area contributed by atoms with Crippen LogP contribution in [0.4, 0.5) is 0 Å². The summed E-state index contributed by atoms with van der Waals surface area (Å²) in [7, 11) is 0. The molecule has 78 valence electrons. The van der Waals surface area contributed by atoms with E-state index in [2.05, 4.69) is 6.58 Å². The topological polar surface area (TPSA) is 17.1 Å². The summed E-state index contributed by atoms with van der Waals surface area (Å²) in [6.45, 7) is 3.85. The largest absolute Gasteiger partial charge is 0.281 e. The molecule has 0 N–H and O–H groups in total. The minimum atomic E-state index is -0.193. The van der Waals surface area contributed by atoms with Gasteiger partial charge in [-0.25, -0.2) is 0 Å². The zero-order valence-electron chi connectivity index (χ0n) is 8.47. The smallest absolute Gasteiger partial charge is 0.227 e. The highest BCUT2D eigenvalue weighted by molar-refractivity contribution is 6.64. The molecule has 3 unspecified atom stereocenters. The molecule has 0 spiro atoms. The molecule has 0 radical (unpaired) electrons. The molecule has 2 aliphatic carbocycles. The molecule has 2 aliphatic rings. The van der Waals surface area contributed by atoms with Gasteiger partial charge in [-0.1, -0.05) is 18.9 Å². The first kappa shape index (κ1) is 10.2. The van der Waals surface area contributed by atoms with Crippen molar-refractivity contribution < 1.29 is 4.79 Å². The van der Waals surface area contributed by atoms with Gasteiger partial charge in [-0.05, 0) is 49.1 Å². The van der Waals surface area contributed by atoms with Crippen LogP contribution in [0.1, 0.15) is 38.5 Å². The van der Waals surface area contributed by atoms with E-state index in [0.29, 0.717) is 11.8 Å². The summed E-state index contributed by atoms with van der Waals surface area (Å²) in [5, 5.41) is -0.103. The molecule has 0 heterocycles. The number of rotatable bonds is 2. The second-order valence-corrected chi connectivity index (χ2v) is 5.30. The minimum Gasteiger partial charge on any atom is -0.281 e. The average Bonchev–Trinajstić information content (AvgIpc) is 2.17. The standard InChI is InChI=1S/C12H17ClO/c1-2-9-6-10-4-3-5-12(7-9,8-10)11(13)14/h2,9-10H,1,3-8H2. The maximum absolute atomic E-state index is 11.5. The lowest BCUT2D eigenvalue weighted by Crippen LogP contribution is -2.40. The Morgan fingerprint density at radius 3 is 2.93 bits per heavy atom. The van der Waals surface area contributed by atoms with Crippen molar-refractivity contribution in [3.05, 3.63) is 12.7 Å². The molecule has 1 nitrogen and oxygen atoms in total. The summed E-state index contributed by atoms with van der Waals surface area (Å²) >= 11 is 5.76. The molecule has 2 bridgehead atoms. The Labute approximate surface area is 90.5 Å². The lowest BCUT2D eigenvalue weighted by atomic mass is 9.59. The Balaban J connectivity index is 2.21. The fourth-order valence-electron chi connectivity index (χ4n) is 3.32. The van der Waals surface area contributed by atoms with Crippen molar-refractivity contribution in [3.8, 4) is 0 Å². The average molecular weight is 213 g/mol. The van der Waals surface area contributed by atoms with Gasteiger partial charge in [0, 0.05) is 5.41 Å². The maximum atomic E-state index is 11.5. The van der Waals surface area contributed by atoms with Crippen molar-refractivity contribution in [2.24, 2.45) is 17.3 Å². The Morgan fingerprint density at radius 1 is 1.50 bits per heavy atom. The first-order valence-electron chi connectivity index (χ1n) is 5.49. The summed E-state index contributed by atoms with van der Waals surface area (Å²) < 4.78 is 0. The molecular formula is C12H17ClO. The molecule has 0 aromatic heterocycles. The molecule has 0 saturated heterocycles. The van der Waals surface area contributed by atoms with Crippen LogP contribution in [0, 0.1) is 17.3 Å². The predicted molar refractivity (Wildman–Crippen MR) is 58.2 cm³/mol. The molecule has 2 heteroatoms. The van der Waals surface area contributed by atoms with Crippen molar-refractivity contribution in [2.75, 3.05) is 0 Å². The van der Waals surface area contributed by atoms with Crippen LogP contribution in [-0.2, 0) is 4.79 Å². The number of hydrogen-bond acceptors (Lipinski definition) is 1. The van der Waals surface area contributed by atoms with Gasteiger partial charge in [0.25, 0.3) is 0 Å². The molecule has 2 saturated carbocycles. The fraction of sp³-hybridized carbons (Fsp3) is 0.750. The second-order valence-electron chi connectivity index (χ2n) is 4.95. The third-order valence-corrected chi connectivity index (χ3v) is 4.39. The number of hydrogen-bond donors (Lipinski definition) is 0. The zero-order chi connectivity index (χ0) is 10.2. The summed E-state index contributed by atoms with van der Waals surface area (Å²) in [5.41, 5.74) is -0.193. The number of fused-ring (bicyclic) bond motifs is 2. The van der Waals surface area contributed by atoms with Crippen molar-refractivity contribution in [1.82, 2.24) is 0 Å². The van der Waals surface area contributed by atoms with E-state index >= 15 is 0 Å². The molecule has 0 aromatic rings. The van der Waals surface area contributed by atoms with Crippen molar-refractivity contribution in [3.63, 3.8) is 0 Å². The van der Waals surface area contributed by atoms with Gasteiger partial charge in [0.2, 0.25) is 5.24 Å². The van der Waals surface area contributed by atoms with Crippen LogP contribution in [0.15, 0.2) is 12.7 Å². The molecule has 0 aliphatic heterocycles. The van der Waals surface area contributed by atoms with E-state index in [9.17, 15) is 4.79 Å². The number of carbonyl (C=O) groups is 1. The van der Waals surface area contributed by atoms with Gasteiger partial charge in [0.05, 0.1) is 0 Å². The first-order valence-corrected chi connectivity index (χ1v) is 5.86. The molecule has 2 rings (SSSR count). The van der Waals surface area contributed by atoms with Crippen LogP contribution in [0.3, 0.4) is 0 Å². The van der Waals surface area contributed by atoms with Crippen LogP contribution >= 0.6 is 11.6 Å². The Morgan fingerprint density at radius 2 is 2.29 bits per heavy atom. The number of halogens is 1. The highest BCUT2D eigenvalue weighted by atomic mass is 35.5. The summed E-state index contributed by atoms with van der Waals surface area (Å²) in [5.74, 6) is 1.22. The summed E-state index contributed by atoms with van der Waals surface area (Å²) in [6.07, 6.45) is 8.63. The van der Waals surface area contributed by atoms with E-state index in [1.54, 1.807) is 0 Å². The van der Waals surface area contributed by atoms with Crippen LogP contribution in [0.5, 0.6) is 0 Å². The van der Waals surface area contributed by atoms with Gasteiger partial charge in [0.15, 0.2) is 0 Å². The monoisotopic (exact) mass is 212 g/mol.